The van der Waals surface area contributed by atoms with Crippen LogP contribution in [-0.4, -0.2) is 106 Å². The van der Waals surface area contributed by atoms with Crippen LogP contribution >= 0.6 is 0 Å². The fraction of sp³-hybridized carbons (Fsp3) is 0.357. The standard InChI is InChI=1S/C56H63NO9/c1-38-7-14-46-47-16-10-41(42-11-17-49-48-15-8-39(2)32-54(48)66-55(49)35-42)34-51(47)56(50(46)31-38,44-12-9-43(40(3)33-44)37-64-28-27-62-24-23-60-20-19-58)45-13-18-53(52(36-45)57(4)5)65-30-29-63-26-25-61-22-21-59-6/h7-18,31-36,58H,19-30,37H2,1-6H3. The predicted octanol–water partition coefficient (Wildman–Crippen LogP) is 10.2. The number of ether oxygens (including phenoxy) is 7. The highest BCUT2D eigenvalue weighted by molar-refractivity contribution is 6.06. The van der Waals surface area contributed by atoms with Crippen molar-refractivity contribution in [2.45, 2.75) is 32.8 Å². The van der Waals surface area contributed by atoms with E-state index in [0.29, 0.717) is 79.3 Å². The maximum absolute atomic E-state index is 8.93. The number of aliphatic hydroxyl groups excluding tert-OH is 1. The first-order valence-corrected chi connectivity index (χ1v) is 23.0. The third kappa shape index (κ3) is 10.1. The summed E-state index contributed by atoms with van der Waals surface area (Å²) in [5.74, 6) is 0.787. The fourth-order valence-corrected chi connectivity index (χ4v) is 9.14. The van der Waals surface area contributed by atoms with Gasteiger partial charge in [0.15, 0.2) is 0 Å². The third-order valence-corrected chi connectivity index (χ3v) is 12.4. The first-order chi connectivity index (χ1) is 32.2. The molecule has 0 saturated heterocycles. The zero-order valence-corrected chi connectivity index (χ0v) is 39.2. The van der Waals surface area contributed by atoms with Gasteiger partial charge in [-0.2, -0.15) is 0 Å². The van der Waals surface area contributed by atoms with Gasteiger partial charge in [-0.25, -0.2) is 0 Å². The number of aryl methyl sites for hydroxylation is 3. The van der Waals surface area contributed by atoms with Crippen molar-refractivity contribution in [2.75, 3.05) is 105 Å². The lowest BCUT2D eigenvalue weighted by molar-refractivity contribution is 0.00444. The van der Waals surface area contributed by atoms with Gasteiger partial charge < -0.3 is 47.6 Å². The molecule has 0 fully saturated rings. The van der Waals surface area contributed by atoms with E-state index in [0.717, 1.165) is 61.2 Å². The summed E-state index contributed by atoms with van der Waals surface area (Å²) in [6.07, 6.45) is 0. The van der Waals surface area contributed by atoms with Crippen LogP contribution in [0.25, 0.3) is 44.2 Å². The van der Waals surface area contributed by atoms with Crippen LogP contribution in [0.3, 0.4) is 0 Å². The van der Waals surface area contributed by atoms with E-state index in [4.69, 9.17) is 42.7 Å². The summed E-state index contributed by atoms with van der Waals surface area (Å²) in [4.78, 5) is 2.13. The van der Waals surface area contributed by atoms with Gasteiger partial charge >= 0.3 is 0 Å². The van der Waals surface area contributed by atoms with Crippen LogP contribution in [0.5, 0.6) is 5.75 Å². The smallest absolute Gasteiger partial charge is 0.142 e. The van der Waals surface area contributed by atoms with Gasteiger partial charge in [-0.15, -0.1) is 0 Å². The van der Waals surface area contributed by atoms with Crippen LogP contribution < -0.4 is 9.64 Å². The lowest BCUT2D eigenvalue weighted by Gasteiger charge is -2.35. The zero-order chi connectivity index (χ0) is 46.0. The molecule has 346 valence electrons. The topological polar surface area (TPSA) is 101 Å². The normalized spacial score (nSPS) is 14.3. The minimum Gasteiger partial charge on any atom is -0.489 e. The fourth-order valence-electron chi connectivity index (χ4n) is 9.14. The van der Waals surface area contributed by atoms with Crippen molar-refractivity contribution in [1.29, 1.82) is 0 Å². The van der Waals surface area contributed by atoms with Gasteiger partial charge in [0.25, 0.3) is 0 Å². The van der Waals surface area contributed by atoms with E-state index < -0.39 is 5.41 Å². The predicted molar refractivity (Wildman–Crippen MR) is 262 cm³/mol. The summed E-state index contributed by atoms with van der Waals surface area (Å²) in [5, 5.41) is 11.2. The number of benzene rings is 6. The van der Waals surface area contributed by atoms with Crippen molar-refractivity contribution < 1.29 is 42.7 Å². The van der Waals surface area contributed by atoms with E-state index in [1.165, 1.54) is 38.9 Å². The van der Waals surface area contributed by atoms with Crippen LogP contribution in [0, 0.1) is 20.8 Å². The van der Waals surface area contributed by atoms with Crippen LogP contribution in [0.1, 0.15) is 44.5 Å². The first-order valence-electron chi connectivity index (χ1n) is 23.0. The molecule has 1 N–H and O–H groups in total. The van der Waals surface area contributed by atoms with Gasteiger partial charge in [-0.3, -0.25) is 0 Å². The SMILES string of the molecule is COCCOCCOCCOc1ccc(C2(c3ccc(COCCOCCOCCO)c(C)c3)c3cc(C)ccc3-c3ccc(-c4ccc5c(c4)oc4cc(C)ccc45)cc32)cc1N(C)C. The van der Waals surface area contributed by atoms with Crippen molar-refractivity contribution in [3.8, 4) is 28.0 Å². The van der Waals surface area contributed by atoms with Gasteiger partial charge in [-0.05, 0) is 118 Å². The summed E-state index contributed by atoms with van der Waals surface area (Å²) in [5.41, 5.74) is 16.1. The summed E-state index contributed by atoms with van der Waals surface area (Å²) < 4.78 is 46.5. The van der Waals surface area contributed by atoms with E-state index >= 15 is 0 Å². The van der Waals surface area contributed by atoms with E-state index in [-0.39, 0.29) is 6.61 Å². The Kier molecular flexibility index (Phi) is 15.5. The van der Waals surface area contributed by atoms with Crippen molar-refractivity contribution >= 4 is 27.6 Å². The largest absolute Gasteiger partial charge is 0.489 e. The maximum atomic E-state index is 8.93. The van der Waals surface area contributed by atoms with Crippen molar-refractivity contribution in [3.05, 3.63) is 154 Å². The van der Waals surface area contributed by atoms with Crippen molar-refractivity contribution in [2.24, 2.45) is 0 Å². The number of nitrogens with zero attached hydrogens (tertiary/aromatic N) is 1. The number of aliphatic hydroxyl groups is 1. The molecule has 10 nitrogen and oxygen atoms in total. The Balaban J connectivity index is 1.18. The van der Waals surface area contributed by atoms with Gasteiger partial charge in [0, 0.05) is 32.0 Å². The number of furan rings is 1. The molecule has 1 aliphatic carbocycles. The number of hydrogen-bond acceptors (Lipinski definition) is 10. The third-order valence-electron chi connectivity index (χ3n) is 12.4. The average Bonchev–Trinajstić information content (AvgIpc) is 3.82. The summed E-state index contributed by atoms with van der Waals surface area (Å²) >= 11 is 0. The quantitative estimate of drug-likeness (QED) is 0.0590. The second-order valence-corrected chi connectivity index (χ2v) is 17.2. The molecule has 1 aliphatic rings. The Morgan fingerprint density at radius 2 is 1.09 bits per heavy atom. The minimum absolute atomic E-state index is 0.00541. The van der Waals surface area contributed by atoms with Crippen LogP contribution in [-0.2, 0) is 40.4 Å². The van der Waals surface area contributed by atoms with E-state index in [1.807, 2.05) is 0 Å². The van der Waals surface area contributed by atoms with Crippen LogP contribution in [0.2, 0.25) is 0 Å². The molecule has 10 heteroatoms. The van der Waals surface area contributed by atoms with Gasteiger partial charge in [0.1, 0.15) is 23.5 Å². The Bertz CT molecular complexity index is 2740. The summed E-state index contributed by atoms with van der Waals surface area (Å²) in [6, 6.07) is 40.3. The number of rotatable bonds is 24. The Morgan fingerprint density at radius 1 is 0.530 bits per heavy atom. The molecule has 0 aliphatic heterocycles. The number of methoxy groups -OCH3 is 1. The van der Waals surface area contributed by atoms with E-state index in [2.05, 4.69) is 149 Å². The van der Waals surface area contributed by atoms with Crippen LogP contribution in [0.4, 0.5) is 5.69 Å². The van der Waals surface area contributed by atoms with Crippen LogP contribution in [0.15, 0.2) is 114 Å². The molecule has 66 heavy (non-hydrogen) atoms. The van der Waals surface area contributed by atoms with Gasteiger partial charge in [0.05, 0.1) is 90.4 Å². The monoisotopic (exact) mass is 893 g/mol. The molecule has 0 spiro atoms. The van der Waals surface area contributed by atoms with E-state index in [1.54, 1.807) is 7.11 Å². The lowest BCUT2D eigenvalue weighted by atomic mass is 9.66. The second-order valence-electron chi connectivity index (χ2n) is 17.2. The van der Waals surface area contributed by atoms with Gasteiger partial charge in [0.2, 0.25) is 0 Å². The van der Waals surface area contributed by atoms with Crippen molar-refractivity contribution in [1.82, 2.24) is 0 Å². The molecule has 0 saturated carbocycles. The molecule has 1 heterocycles. The molecule has 1 aromatic heterocycles. The molecule has 8 rings (SSSR count). The highest BCUT2D eigenvalue weighted by Gasteiger charge is 2.47. The highest BCUT2D eigenvalue weighted by Crippen LogP contribution is 2.58. The second kappa shape index (κ2) is 21.8. The molecule has 0 bridgehead atoms. The average molecular weight is 894 g/mol. The summed E-state index contributed by atoms with van der Waals surface area (Å²) in [6.45, 7) is 12.0. The number of hydrogen-bond donors (Lipinski definition) is 1. The number of fused-ring (bicyclic) bond motifs is 6. The molecule has 1 unspecified atom stereocenters. The molecule has 0 radical (unpaired) electrons. The zero-order valence-electron chi connectivity index (χ0n) is 39.2. The van der Waals surface area contributed by atoms with E-state index in [9.17, 15) is 0 Å². The van der Waals surface area contributed by atoms with Gasteiger partial charge in [-0.1, -0.05) is 78.4 Å². The molecular formula is C56H63NO9. The molecule has 0 amide bonds. The lowest BCUT2D eigenvalue weighted by Crippen LogP contribution is -2.29. The Hall–Kier alpha value is -5.56. The first kappa shape index (κ1) is 47.0. The minimum atomic E-state index is -0.695. The Labute approximate surface area is 388 Å². The summed E-state index contributed by atoms with van der Waals surface area (Å²) in [7, 11) is 5.79. The number of anilines is 1. The highest BCUT2D eigenvalue weighted by atomic mass is 16.6. The molecule has 7 aromatic rings. The Morgan fingerprint density at radius 3 is 1.80 bits per heavy atom. The molecule has 6 aromatic carbocycles. The molecular weight excluding hydrogens is 831 g/mol. The maximum Gasteiger partial charge on any atom is 0.142 e. The van der Waals surface area contributed by atoms with Crippen molar-refractivity contribution in [3.63, 3.8) is 0 Å². The molecule has 1 atom stereocenters.